The lowest BCUT2D eigenvalue weighted by molar-refractivity contribution is -0.365. The first-order valence-corrected chi connectivity index (χ1v) is 30.1. The maximum Gasteiger partial charge on any atom is 0.315 e. The lowest BCUT2D eigenvalue weighted by Crippen LogP contribution is -2.68. The largest absolute Gasteiger partial charge is 0.432 e. The number of esters is 1. The molecular weight excluding hydrogens is 1110 g/mol. The zero-order valence-electron chi connectivity index (χ0n) is 49.1. The SMILES string of the molecule is C[C@@H]1O[C@@H](O[C@H]2[C@H](OC(=O)[C@]34CCC(C)(C)[C@@H](O)[C@H]3C3=CC[C@@H]5[C@@]6(C)CC[C@H](O[C@@H]7OC[C@H](O)[C@H](O[C@@H]8O[C@H](CO)[C@@H](O)[C@H](O)[C@H]8O)[C@H]7O)C(C)(C)[C@@H]6CC[C@@]5(C)[C@]3(C)CC4)O[C@H](CO[C@@H]3OC[C@@H](O)[C@H](O)[C@H]3O)[C@@H](O)[C@@H]2O)[C@H](O)[C@H](O)[C@H]1O. The summed E-state index contributed by atoms with van der Waals surface area (Å²) >= 11 is 0. The third kappa shape index (κ3) is 10.7. The fourth-order valence-corrected chi connectivity index (χ4v) is 17.3. The van der Waals surface area contributed by atoms with Gasteiger partial charge in [-0.1, -0.05) is 60.1 Å². The van der Waals surface area contributed by atoms with Crippen molar-refractivity contribution in [1.82, 2.24) is 0 Å². The van der Waals surface area contributed by atoms with Gasteiger partial charge in [-0.25, -0.2) is 0 Å². The minimum absolute atomic E-state index is 0.0925. The van der Waals surface area contributed by atoms with Crippen molar-refractivity contribution in [2.75, 3.05) is 26.4 Å². The van der Waals surface area contributed by atoms with Crippen molar-refractivity contribution in [3.63, 3.8) is 0 Å². The highest BCUT2D eigenvalue weighted by Gasteiger charge is 2.72. The summed E-state index contributed by atoms with van der Waals surface area (Å²) in [6, 6.07) is 0. The van der Waals surface area contributed by atoms with Gasteiger partial charge in [-0.15, -0.1) is 0 Å². The van der Waals surface area contributed by atoms with Gasteiger partial charge in [-0.3, -0.25) is 4.79 Å². The molecule has 0 aromatic rings. The second kappa shape index (κ2) is 23.8. The Bertz CT molecular complexity index is 2350. The second-order valence-corrected chi connectivity index (χ2v) is 28.2. The summed E-state index contributed by atoms with van der Waals surface area (Å²) in [4.78, 5) is 15.6. The molecule has 0 aromatic heterocycles. The van der Waals surface area contributed by atoms with Crippen molar-refractivity contribution in [3.05, 3.63) is 11.6 Å². The van der Waals surface area contributed by atoms with E-state index in [1.54, 1.807) is 0 Å². The van der Waals surface area contributed by atoms with E-state index < -0.39 is 207 Å². The number of carbonyl (C=O) groups is 1. The summed E-state index contributed by atoms with van der Waals surface area (Å²) in [6.07, 6.45) is -31.2. The summed E-state index contributed by atoms with van der Waals surface area (Å²) in [5, 5.41) is 163. The van der Waals surface area contributed by atoms with Crippen LogP contribution in [0.4, 0.5) is 0 Å². The smallest absolute Gasteiger partial charge is 0.315 e. The average Bonchev–Trinajstić information content (AvgIpc) is 0.716. The highest BCUT2D eigenvalue weighted by Crippen LogP contribution is 2.76. The Morgan fingerprint density at radius 3 is 1.85 bits per heavy atom. The minimum Gasteiger partial charge on any atom is -0.432 e. The number of hydrogen-bond donors (Lipinski definition) is 15. The van der Waals surface area contributed by atoms with Gasteiger partial charge in [0.05, 0.1) is 50.2 Å². The number of allylic oxidation sites excluding steroid dienone is 1. The van der Waals surface area contributed by atoms with E-state index in [9.17, 15) is 76.6 Å². The number of aliphatic hydroxyl groups is 15. The van der Waals surface area contributed by atoms with Gasteiger partial charge in [0.15, 0.2) is 31.3 Å². The molecule has 5 heterocycles. The second-order valence-electron chi connectivity index (χ2n) is 28.2. The maximum absolute atomic E-state index is 15.6. The van der Waals surface area contributed by atoms with Crippen LogP contribution in [0.5, 0.6) is 0 Å². The first-order valence-electron chi connectivity index (χ1n) is 30.1. The molecule has 10 rings (SSSR count). The lowest BCUT2D eigenvalue weighted by atomic mass is 9.33. The summed E-state index contributed by atoms with van der Waals surface area (Å²) in [5.74, 6) is -1.34. The molecule has 0 radical (unpaired) electrons. The Kier molecular flexibility index (Phi) is 18.5. The molecule has 0 unspecified atom stereocenters. The maximum atomic E-state index is 15.6. The summed E-state index contributed by atoms with van der Waals surface area (Å²) in [5.41, 5.74) is -2.77. The highest BCUT2D eigenvalue weighted by atomic mass is 16.8. The molecule has 5 aliphatic carbocycles. The van der Waals surface area contributed by atoms with Gasteiger partial charge in [-0.2, -0.15) is 0 Å². The van der Waals surface area contributed by atoms with Crippen LogP contribution in [0.2, 0.25) is 0 Å². The Labute approximate surface area is 488 Å². The van der Waals surface area contributed by atoms with Crippen molar-refractivity contribution in [3.8, 4) is 0 Å². The van der Waals surface area contributed by atoms with Crippen molar-refractivity contribution in [2.45, 2.75) is 267 Å². The molecule has 32 atom stereocenters. The Morgan fingerprint density at radius 2 is 1.15 bits per heavy atom. The monoisotopic (exact) mass is 1210 g/mol. The Balaban J connectivity index is 0.894. The fourth-order valence-electron chi connectivity index (χ4n) is 17.3. The van der Waals surface area contributed by atoms with Gasteiger partial charge < -0.3 is 124 Å². The molecule has 26 heteroatoms. The molecule has 84 heavy (non-hydrogen) atoms. The highest BCUT2D eigenvalue weighted by molar-refractivity contribution is 5.79. The molecular formula is C58H94O26. The number of ether oxygens (including phenoxy) is 10. The van der Waals surface area contributed by atoms with Crippen LogP contribution < -0.4 is 0 Å². The van der Waals surface area contributed by atoms with Crippen molar-refractivity contribution in [2.24, 2.45) is 50.2 Å². The van der Waals surface area contributed by atoms with E-state index in [1.165, 1.54) is 6.92 Å². The van der Waals surface area contributed by atoms with Crippen LogP contribution >= 0.6 is 0 Å². The molecule has 0 spiro atoms. The normalized spacial score (nSPS) is 54.6. The van der Waals surface area contributed by atoms with Crippen molar-refractivity contribution in [1.29, 1.82) is 0 Å². The molecule has 15 N–H and O–H groups in total. The minimum atomic E-state index is -1.95. The lowest BCUT2D eigenvalue weighted by Gasteiger charge is -2.71. The van der Waals surface area contributed by atoms with Crippen LogP contribution in [0.25, 0.3) is 0 Å². The van der Waals surface area contributed by atoms with Crippen molar-refractivity contribution >= 4 is 5.97 Å². The van der Waals surface area contributed by atoms with Gasteiger partial charge in [0.25, 0.3) is 0 Å². The number of fused-ring (bicyclic) bond motifs is 7. The van der Waals surface area contributed by atoms with E-state index in [2.05, 4.69) is 40.7 Å². The topological polar surface area (TPSA) is 413 Å². The van der Waals surface area contributed by atoms with E-state index in [1.807, 2.05) is 13.8 Å². The number of aliphatic hydroxyl groups excluding tert-OH is 15. The quantitative estimate of drug-likeness (QED) is 0.0528. The molecule has 26 nitrogen and oxygen atoms in total. The van der Waals surface area contributed by atoms with Crippen LogP contribution in [0.15, 0.2) is 11.6 Å². The predicted molar refractivity (Wildman–Crippen MR) is 283 cm³/mol. The molecule has 5 saturated heterocycles. The van der Waals surface area contributed by atoms with E-state index in [4.69, 9.17) is 47.4 Å². The van der Waals surface area contributed by atoms with Crippen LogP contribution in [0.1, 0.15) is 113 Å². The summed E-state index contributed by atoms with van der Waals surface area (Å²) < 4.78 is 59.6. The van der Waals surface area contributed by atoms with E-state index in [0.717, 1.165) is 24.8 Å². The third-order valence-electron chi connectivity index (χ3n) is 22.9. The standard InChI is InChI=1S/C58H94O26/c1-23-33(62)37(66)41(70)49(78-23)83-45-39(68)36(65)28(22-77-47-40(69)34(63)25(60)20-75-47)80-51(45)84-52(74)58-17-15-53(2,3)46(73)32(58)24-9-10-30-55(6)13-12-31(54(4,5)29(55)11-14-57(30,8)56(24,7)16-18-58)81-48-43(72)44(26(61)21-76-48)82-50-42(71)38(67)35(64)27(19-59)79-50/h9,23,25-51,59-73H,10-22H2,1-8H3/t23-,25+,26-,27+,28+,29-,30+,31-,32+,33-,34-,35+,36+,37+,38-,39-,40+,41+,42+,43+,44-,45+,46-,47-,48-,49-,50-,51-,55-,56+,57+,58-/m0/s1. The predicted octanol–water partition coefficient (Wildman–Crippen LogP) is -2.93. The van der Waals surface area contributed by atoms with Gasteiger partial charge in [0, 0.05) is 5.92 Å². The van der Waals surface area contributed by atoms with Crippen LogP contribution in [-0.4, -0.2) is 263 Å². The Morgan fingerprint density at radius 1 is 0.560 bits per heavy atom. The molecule has 0 amide bonds. The van der Waals surface area contributed by atoms with Crippen molar-refractivity contribution < 1.29 is 129 Å². The summed E-state index contributed by atoms with van der Waals surface area (Å²) in [6.45, 7) is 14.6. The van der Waals surface area contributed by atoms with E-state index >= 15 is 4.79 Å². The first kappa shape index (κ1) is 65.2. The molecule has 10 aliphatic rings. The van der Waals surface area contributed by atoms with Gasteiger partial charge >= 0.3 is 5.97 Å². The molecule has 482 valence electrons. The zero-order chi connectivity index (χ0) is 61.3. The Hall–Kier alpha value is -1.75. The van der Waals surface area contributed by atoms with Gasteiger partial charge in [-0.05, 0) is 104 Å². The zero-order valence-corrected chi connectivity index (χ0v) is 49.1. The third-order valence-corrected chi connectivity index (χ3v) is 22.9. The molecule has 0 aromatic carbocycles. The fraction of sp³-hybridized carbons (Fsp3) is 0.948. The van der Waals surface area contributed by atoms with Gasteiger partial charge in [0.1, 0.15) is 97.7 Å². The molecule has 0 bridgehead atoms. The van der Waals surface area contributed by atoms with E-state index in [-0.39, 0.29) is 42.1 Å². The van der Waals surface area contributed by atoms with Gasteiger partial charge in [0.2, 0.25) is 6.29 Å². The average molecular weight is 1210 g/mol. The van der Waals surface area contributed by atoms with Crippen LogP contribution in [0.3, 0.4) is 0 Å². The van der Waals surface area contributed by atoms with E-state index in [0.29, 0.717) is 25.7 Å². The molecule has 9 fully saturated rings. The number of rotatable bonds is 12. The molecule has 5 aliphatic heterocycles. The molecule has 4 saturated carbocycles. The van der Waals surface area contributed by atoms with Crippen LogP contribution in [0, 0.1) is 50.2 Å². The number of carbonyl (C=O) groups excluding carboxylic acids is 1. The number of hydrogen-bond acceptors (Lipinski definition) is 26. The first-order chi connectivity index (χ1) is 39.3. The summed E-state index contributed by atoms with van der Waals surface area (Å²) in [7, 11) is 0. The van der Waals surface area contributed by atoms with Crippen LogP contribution in [-0.2, 0) is 52.2 Å².